The number of aromatic carboxylic acids is 1. The molecule has 0 radical (unpaired) electrons. The maximum Gasteiger partial charge on any atom is 0.339 e. The SMILES string of the molecule is O=C(O)c1ccc2ccccc2c1Oc1ncccn1. The summed E-state index contributed by atoms with van der Waals surface area (Å²) in [6.45, 7) is 0. The molecular weight excluding hydrogens is 256 g/mol. The van der Waals surface area contributed by atoms with Gasteiger partial charge >= 0.3 is 12.0 Å². The van der Waals surface area contributed by atoms with Crippen molar-refractivity contribution in [2.24, 2.45) is 0 Å². The first-order valence-electron chi connectivity index (χ1n) is 5.95. The van der Waals surface area contributed by atoms with Crippen molar-refractivity contribution in [2.75, 3.05) is 0 Å². The molecule has 0 amide bonds. The fourth-order valence-corrected chi connectivity index (χ4v) is 1.95. The molecule has 0 spiro atoms. The fraction of sp³-hybridized carbons (Fsp3) is 0. The van der Waals surface area contributed by atoms with Gasteiger partial charge in [-0.3, -0.25) is 0 Å². The van der Waals surface area contributed by atoms with E-state index in [9.17, 15) is 9.90 Å². The molecule has 1 heterocycles. The normalized spacial score (nSPS) is 10.4. The summed E-state index contributed by atoms with van der Waals surface area (Å²) in [7, 11) is 0. The van der Waals surface area contributed by atoms with Crippen LogP contribution in [0, 0.1) is 0 Å². The van der Waals surface area contributed by atoms with E-state index in [1.54, 1.807) is 18.2 Å². The smallest absolute Gasteiger partial charge is 0.339 e. The maximum atomic E-state index is 11.3. The Balaban J connectivity index is 2.20. The molecule has 3 aromatic rings. The van der Waals surface area contributed by atoms with Gasteiger partial charge < -0.3 is 9.84 Å². The minimum atomic E-state index is -1.05. The van der Waals surface area contributed by atoms with E-state index >= 15 is 0 Å². The number of carboxylic acids is 1. The summed E-state index contributed by atoms with van der Waals surface area (Å²) >= 11 is 0. The van der Waals surface area contributed by atoms with Gasteiger partial charge in [0.1, 0.15) is 5.56 Å². The number of hydrogen-bond acceptors (Lipinski definition) is 4. The predicted molar refractivity (Wildman–Crippen MR) is 73.0 cm³/mol. The minimum absolute atomic E-state index is 0.0798. The summed E-state index contributed by atoms with van der Waals surface area (Å²) in [6.07, 6.45) is 3.07. The molecule has 0 aliphatic heterocycles. The monoisotopic (exact) mass is 266 g/mol. The highest BCUT2D eigenvalue weighted by Gasteiger charge is 2.16. The van der Waals surface area contributed by atoms with E-state index in [1.807, 2.05) is 18.2 Å². The number of hydrogen-bond donors (Lipinski definition) is 1. The Bertz CT molecular complexity index is 772. The molecule has 3 rings (SSSR count). The second-order valence-corrected chi connectivity index (χ2v) is 4.10. The van der Waals surface area contributed by atoms with Gasteiger partial charge in [0.05, 0.1) is 0 Å². The van der Waals surface area contributed by atoms with Gasteiger partial charge in [-0.1, -0.05) is 30.3 Å². The first-order valence-corrected chi connectivity index (χ1v) is 5.95. The molecule has 20 heavy (non-hydrogen) atoms. The first-order chi connectivity index (χ1) is 9.75. The second-order valence-electron chi connectivity index (χ2n) is 4.10. The molecule has 1 N–H and O–H groups in total. The van der Waals surface area contributed by atoms with Crippen LogP contribution in [0.15, 0.2) is 54.9 Å². The van der Waals surface area contributed by atoms with E-state index in [1.165, 1.54) is 18.5 Å². The van der Waals surface area contributed by atoms with Crippen LogP contribution in [0.3, 0.4) is 0 Å². The van der Waals surface area contributed by atoms with Gasteiger partial charge in [-0.25, -0.2) is 14.8 Å². The molecule has 0 saturated heterocycles. The molecule has 0 bridgehead atoms. The highest BCUT2D eigenvalue weighted by Crippen LogP contribution is 2.32. The first kappa shape index (κ1) is 12.1. The number of aromatic nitrogens is 2. The number of benzene rings is 2. The summed E-state index contributed by atoms with van der Waals surface area (Å²) in [4.78, 5) is 19.2. The van der Waals surface area contributed by atoms with Crippen LogP contribution < -0.4 is 4.74 Å². The molecule has 1 aromatic heterocycles. The Kier molecular flexibility index (Phi) is 3.01. The van der Waals surface area contributed by atoms with Gasteiger partial charge in [0, 0.05) is 17.8 Å². The third-order valence-electron chi connectivity index (χ3n) is 2.85. The van der Waals surface area contributed by atoms with E-state index in [0.29, 0.717) is 5.39 Å². The Morgan fingerprint density at radius 1 is 1.00 bits per heavy atom. The summed E-state index contributed by atoms with van der Waals surface area (Å²) in [6, 6.07) is 12.4. The Morgan fingerprint density at radius 3 is 2.50 bits per heavy atom. The van der Waals surface area contributed by atoms with Crippen molar-refractivity contribution in [3.8, 4) is 11.8 Å². The zero-order valence-corrected chi connectivity index (χ0v) is 10.4. The van der Waals surface area contributed by atoms with Crippen molar-refractivity contribution in [1.82, 2.24) is 9.97 Å². The van der Waals surface area contributed by atoms with Crippen molar-refractivity contribution in [3.05, 3.63) is 60.4 Å². The lowest BCUT2D eigenvalue weighted by atomic mass is 10.1. The Hall–Kier alpha value is -2.95. The third-order valence-corrected chi connectivity index (χ3v) is 2.85. The van der Waals surface area contributed by atoms with Crippen LogP contribution in [-0.4, -0.2) is 21.0 Å². The number of fused-ring (bicyclic) bond motifs is 1. The largest absolute Gasteiger partial charge is 0.478 e. The molecule has 0 saturated carbocycles. The van der Waals surface area contributed by atoms with E-state index in [-0.39, 0.29) is 17.3 Å². The third kappa shape index (κ3) is 2.16. The molecule has 98 valence electrons. The van der Waals surface area contributed by atoms with Crippen molar-refractivity contribution in [2.45, 2.75) is 0 Å². The van der Waals surface area contributed by atoms with E-state index in [2.05, 4.69) is 9.97 Å². The van der Waals surface area contributed by atoms with Crippen LogP contribution >= 0.6 is 0 Å². The summed E-state index contributed by atoms with van der Waals surface area (Å²) in [5.74, 6) is -0.802. The number of carbonyl (C=O) groups is 1. The maximum absolute atomic E-state index is 11.3. The lowest BCUT2D eigenvalue weighted by Gasteiger charge is -2.10. The van der Waals surface area contributed by atoms with Gasteiger partial charge in [-0.2, -0.15) is 0 Å². The average molecular weight is 266 g/mol. The van der Waals surface area contributed by atoms with Gasteiger partial charge in [0.2, 0.25) is 0 Å². The predicted octanol–water partition coefficient (Wildman–Crippen LogP) is 3.12. The van der Waals surface area contributed by atoms with Crippen LogP contribution in [0.2, 0.25) is 0 Å². The lowest BCUT2D eigenvalue weighted by Crippen LogP contribution is -2.02. The van der Waals surface area contributed by atoms with Gasteiger partial charge in [0.25, 0.3) is 0 Å². The molecule has 5 heteroatoms. The minimum Gasteiger partial charge on any atom is -0.478 e. The van der Waals surface area contributed by atoms with E-state index < -0.39 is 5.97 Å². The molecule has 5 nitrogen and oxygen atoms in total. The van der Waals surface area contributed by atoms with Gasteiger partial charge in [-0.05, 0) is 17.5 Å². The van der Waals surface area contributed by atoms with Crippen LogP contribution in [0.1, 0.15) is 10.4 Å². The zero-order valence-electron chi connectivity index (χ0n) is 10.4. The highest BCUT2D eigenvalue weighted by molar-refractivity contribution is 6.00. The molecule has 0 atom stereocenters. The van der Waals surface area contributed by atoms with E-state index in [4.69, 9.17) is 4.74 Å². The topological polar surface area (TPSA) is 72.3 Å². The van der Waals surface area contributed by atoms with Crippen molar-refractivity contribution in [3.63, 3.8) is 0 Å². The summed E-state index contributed by atoms with van der Waals surface area (Å²) in [5.41, 5.74) is 0.0798. The van der Waals surface area contributed by atoms with Gasteiger partial charge in [-0.15, -0.1) is 0 Å². The number of rotatable bonds is 3. The number of carboxylic acid groups (broad SMARTS) is 1. The lowest BCUT2D eigenvalue weighted by molar-refractivity contribution is 0.0694. The number of ether oxygens (including phenoxy) is 1. The summed E-state index contributed by atoms with van der Waals surface area (Å²) < 4.78 is 5.58. The van der Waals surface area contributed by atoms with Crippen LogP contribution in [-0.2, 0) is 0 Å². The Labute approximate surface area is 114 Å². The molecule has 0 unspecified atom stereocenters. The fourth-order valence-electron chi connectivity index (χ4n) is 1.95. The molecule has 0 aliphatic rings. The van der Waals surface area contributed by atoms with Gasteiger partial charge in [0.15, 0.2) is 5.75 Å². The number of nitrogens with zero attached hydrogens (tertiary/aromatic N) is 2. The average Bonchev–Trinajstić information content (AvgIpc) is 2.48. The Morgan fingerprint density at radius 2 is 1.75 bits per heavy atom. The second kappa shape index (κ2) is 4.97. The molecule has 0 fully saturated rings. The molecule has 0 aliphatic carbocycles. The van der Waals surface area contributed by atoms with Crippen LogP contribution in [0.4, 0.5) is 0 Å². The van der Waals surface area contributed by atoms with Crippen molar-refractivity contribution >= 4 is 16.7 Å². The van der Waals surface area contributed by atoms with Crippen molar-refractivity contribution in [1.29, 1.82) is 0 Å². The quantitative estimate of drug-likeness (QED) is 0.788. The van der Waals surface area contributed by atoms with Crippen molar-refractivity contribution < 1.29 is 14.6 Å². The standard InChI is InChI=1S/C15H10N2O3/c18-14(19)12-7-6-10-4-1-2-5-11(10)13(12)20-15-16-8-3-9-17-15/h1-9H,(H,18,19). The molecule has 2 aromatic carbocycles. The van der Waals surface area contributed by atoms with E-state index in [0.717, 1.165) is 5.39 Å². The zero-order chi connectivity index (χ0) is 13.9. The molecular formula is C15H10N2O3. The van der Waals surface area contributed by atoms with Crippen LogP contribution in [0.25, 0.3) is 10.8 Å². The summed E-state index contributed by atoms with van der Waals surface area (Å²) in [5, 5.41) is 10.9. The van der Waals surface area contributed by atoms with Crippen LogP contribution in [0.5, 0.6) is 11.8 Å². The highest BCUT2D eigenvalue weighted by atomic mass is 16.5.